The number of ether oxygens (including phenoxy) is 1. The minimum Gasteiger partial charge on any atom is -0.488 e. The monoisotopic (exact) mass is 350 g/mol. The molecule has 4 nitrogen and oxygen atoms in total. The zero-order chi connectivity index (χ0) is 16.4. The third kappa shape index (κ3) is 3.44. The molecule has 0 saturated heterocycles. The molecule has 0 aliphatic carbocycles. The van der Waals surface area contributed by atoms with Gasteiger partial charge < -0.3 is 14.4 Å². The first-order valence-corrected chi connectivity index (χ1v) is 7.98. The summed E-state index contributed by atoms with van der Waals surface area (Å²) in [7, 11) is 0. The van der Waals surface area contributed by atoms with Crippen LogP contribution in [-0.4, -0.2) is 27.4 Å². The molecule has 0 saturated carbocycles. The van der Waals surface area contributed by atoms with Crippen molar-refractivity contribution in [3.05, 3.63) is 58.3 Å². The van der Waals surface area contributed by atoms with Crippen molar-refractivity contribution in [3.8, 4) is 5.75 Å². The molecule has 23 heavy (non-hydrogen) atoms. The van der Waals surface area contributed by atoms with Crippen LogP contribution < -0.4 is 4.74 Å². The maximum absolute atomic E-state index is 10.3. The Morgan fingerprint density at radius 3 is 2.57 bits per heavy atom. The Morgan fingerprint density at radius 1 is 1.13 bits per heavy atom. The number of aliphatic hydroxyl groups excluding tert-OH is 1. The van der Waals surface area contributed by atoms with E-state index in [0.717, 1.165) is 16.9 Å². The summed E-state index contributed by atoms with van der Waals surface area (Å²) in [6.45, 7) is 2.39. The van der Waals surface area contributed by atoms with Gasteiger partial charge in [-0.05, 0) is 31.2 Å². The molecule has 3 rings (SSSR count). The van der Waals surface area contributed by atoms with Gasteiger partial charge in [-0.2, -0.15) is 0 Å². The van der Waals surface area contributed by atoms with Crippen LogP contribution in [0.4, 0.5) is 0 Å². The lowest BCUT2D eigenvalue weighted by Crippen LogP contribution is -2.24. The lowest BCUT2D eigenvalue weighted by Gasteiger charge is -2.16. The second-order valence-electron chi connectivity index (χ2n) is 5.27. The SMILES string of the molecule is Cc1nc2ccccc2n1CC(O)COc1c(Cl)cccc1Cl. The van der Waals surface area contributed by atoms with Gasteiger partial charge in [0.2, 0.25) is 0 Å². The largest absolute Gasteiger partial charge is 0.488 e. The lowest BCUT2D eigenvalue weighted by atomic mass is 10.3. The van der Waals surface area contributed by atoms with Gasteiger partial charge in [0, 0.05) is 0 Å². The predicted molar refractivity (Wildman–Crippen MR) is 92.4 cm³/mol. The predicted octanol–water partition coefficient (Wildman–Crippen LogP) is 4.09. The number of aliphatic hydroxyl groups is 1. The van der Waals surface area contributed by atoms with E-state index in [9.17, 15) is 5.11 Å². The van der Waals surface area contributed by atoms with Gasteiger partial charge in [0.25, 0.3) is 0 Å². The van der Waals surface area contributed by atoms with E-state index in [1.807, 2.05) is 35.8 Å². The molecule has 0 bridgehead atoms. The smallest absolute Gasteiger partial charge is 0.156 e. The van der Waals surface area contributed by atoms with Gasteiger partial charge in [-0.25, -0.2) is 4.98 Å². The molecule has 120 valence electrons. The van der Waals surface area contributed by atoms with Gasteiger partial charge in [-0.15, -0.1) is 0 Å². The van der Waals surface area contributed by atoms with Crippen molar-refractivity contribution < 1.29 is 9.84 Å². The van der Waals surface area contributed by atoms with Crippen LogP contribution in [0.1, 0.15) is 5.82 Å². The number of benzene rings is 2. The van der Waals surface area contributed by atoms with E-state index in [2.05, 4.69) is 4.98 Å². The average molecular weight is 351 g/mol. The number of imidazole rings is 1. The number of aromatic nitrogens is 2. The summed E-state index contributed by atoms with van der Waals surface area (Å²) in [6.07, 6.45) is -0.710. The minimum atomic E-state index is -0.710. The molecular weight excluding hydrogens is 335 g/mol. The number of para-hydroxylation sites is 3. The fourth-order valence-corrected chi connectivity index (χ4v) is 3.00. The molecule has 1 N–H and O–H groups in total. The van der Waals surface area contributed by atoms with Crippen LogP contribution in [0.5, 0.6) is 5.75 Å². The Morgan fingerprint density at radius 2 is 1.83 bits per heavy atom. The summed E-state index contributed by atoms with van der Waals surface area (Å²) in [4.78, 5) is 4.48. The van der Waals surface area contributed by atoms with E-state index in [1.54, 1.807) is 18.2 Å². The highest BCUT2D eigenvalue weighted by atomic mass is 35.5. The third-order valence-corrected chi connectivity index (χ3v) is 4.17. The van der Waals surface area contributed by atoms with Crippen molar-refractivity contribution in [2.24, 2.45) is 0 Å². The van der Waals surface area contributed by atoms with Crippen LogP contribution in [0, 0.1) is 6.92 Å². The lowest BCUT2D eigenvalue weighted by molar-refractivity contribution is 0.0930. The Hall–Kier alpha value is -1.75. The maximum atomic E-state index is 10.3. The van der Waals surface area contributed by atoms with Crippen LogP contribution in [0.25, 0.3) is 11.0 Å². The Kier molecular flexibility index (Phi) is 4.76. The van der Waals surface area contributed by atoms with Crippen molar-refractivity contribution in [1.29, 1.82) is 0 Å². The van der Waals surface area contributed by atoms with Crippen molar-refractivity contribution in [3.63, 3.8) is 0 Å². The van der Waals surface area contributed by atoms with Gasteiger partial charge in [0.05, 0.1) is 27.6 Å². The number of hydrogen-bond acceptors (Lipinski definition) is 3. The average Bonchev–Trinajstić information content (AvgIpc) is 2.83. The molecule has 3 aromatic rings. The van der Waals surface area contributed by atoms with Crippen LogP contribution >= 0.6 is 23.2 Å². The summed E-state index contributed by atoms with van der Waals surface area (Å²) in [6, 6.07) is 13.0. The Balaban J connectivity index is 1.72. The van der Waals surface area contributed by atoms with E-state index < -0.39 is 6.10 Å². The zero-order valence-electron chi connectivity index (χ0n) is 12.5. The summed E-state index contributed by atoms with van der Waals surface area (Å²) in [5, 5.41) is 11.1. The van der Waals surface area contributed by atoms with Crippen molar-refractivity contribution in [2.75, 3.05) is 6.61 Å². The molecule has 1 aromatic heterocycles. The first kappa shape index (κ1) is 16.1. The van der Waals surface area contributed by atoms with Crippen LogP contribution in [0.3, 0.4) is 0 Å². The quantitative estimate of drug-likeness (QED) is 0.753. The number of rotatable bonds is 5. The molecule has 0 aliphatic heterocycles. The minimum absolute atomic E-state index is 0.0927. The molecule has 1 heterocycles. The molecule has 0 spiro atoms. The van der Waals surface area contributed by atoms with E-state index >= 15 is 0 Å². The van der Waals surface area contributed by atoms with Gasteiger partial charge >= 0.3 is 0 Å². The third-order valence-electron chi connectivity index (χ3n) is 3.58. The van der Waals surface area contributed by atoms with Crippen molar-refractivity contribution in [2.45, 2.75) is 19.6 Å². The molecule has 0 amide bonds. The van der Waals surface area contributed by atoms with Crippen LogP contribution in [0.2, 0.25) is 10.0 Å². The van der Waals surface area contributed by atoms with Crippen LogP contribution in [0.15, 0.2) is 42.5 Å². The Bertz CT molecular complexity index is 812. The van der Waals surface area contributed by atoms with E-state index in [4.69, 9.17) is 27.9 Å². The standard InChI is InChI=1S/C17H16Cl2N2O2/c1-11-20-15-7-2-3-8-16(15)21(11)9-12(22)10-23-17-13(18)5-4-6-14(17)19/h2-8,12,22H,9-10H2,1H3. The zero-order valence-corrected chi connectivity index (χ0v) is 14.1. The molecule has 1 atom stereocenters. The first-order chi connectivity index (χ1) is 11.1. The fraction of sp³-hybridized carbons (Fsp3) is 0.235. The molecule has 0 radical (unpaired) electrons. The number of fused-ring (bicyclic) bond motifs is 1. The highest BCUT2D eigenvalue weighted by Gasteiger charge is 2.14. The number of aryl methyl sites for hydroxylation is 1. The number of nitrogens with zero attached hydrogens (tertiary/aromatic N) is 2. The molecular formula is C17H16Cl2N2O2. The summed E-state index contributed by atoms with van der Waals surface area (Å²) in [5.41, 5.74) is 1.90. The second-order valence-corrected chi connectivity index (χ2v) is 6.09. The van der Waals surface area contributed by atoms with Gasteiger partial charge in [-0.1, -0.05) is 41.4 Å². The summed E-state index contributed by atoms with van der Waals surface area (Å²) >= 11 is 12.1. The Labute approximate surface area is 144 Å². The molecule has 0 fully saturated rings. The van der Waals surface area contributed by atoms with Gasteiger partial charge in [0.15, 0.2) is 5.75 Å². The normalized spacial score (nSPS) is 12.5. The fourth-order valence-electron chi connectivity index (χ4n) is 2.49. The van der Waals surface area contributed by atoms with Crippen molar-refractivity contribution >= 4 is 34.2 Å². The van der Waals surface area contributed by atoms with E-state index in [1.165, 1.54) is 0 Å². The van der Waals surface area contributed by atoms with Crippen molar-refractivity contribution in [1.82, 2.24) is 9.55 Å². The summed E-state index contributed by atoms with van der Waals surface area (Å²) < 4.78 is 7.55. The van der Waals surface area contributed by atoms with E-state index in [-0.39, 0.29) is 6.61 Å². The second kappa shape index (κ2) is 6.79. The van der Waals surface area contributed by atoms with Gasteiger partial charge in [-0.3, -0.25) is 0 Å². The topological polar surface area (TPSA) is 47.3 Å². The maximum Gasteiger partial charge on any atom is 0.156 e. The molecule has 0 aliphatic rings. The number of halogens is 2. The summed E-state index contributed by atoms with van der Waals surface area (Å²) in [5.74, 6) is 1.24. The first-order valence-electron chi connectivity index (χ1n) is 7.23. The van der Waals surface area contributed by atoms with E-state index in [0.29, 0.717) is 22.3 Å². The number of hydrogen-bond donors (Lipinski definition) is 1. The highest BCUT2D eigenvalue weighted by molar-refractivity contribution is 6.37. The molecule has 6 heteroatoms. The molecule has 1 unspecified atom stereocenters. The van der Waals surface area contributed by atoms with Crippen LogP contribution in [-0.2, 0) is 6.54 Å². The highest BCUT2D eigenvalue weighted by Crippen LogP contribution is 2.32. The molecule has 2 aromatic carbocycles. The van der Waals surface area contributed by atoms with Gasteiger partial charge in [0.1, 0.15) is 18.5 Å².